The topological polar surface area (TPSA) is 0 Å². The number of benzene rings is 3. The molecule has 3 aromatic carbocycles. The molecule has 0 fully saturated rings. The fourth-order valence-electron chi connectivity index (χ4n) is 3.49. The van der Waals surface area contributed by atoms with Gasteiger partial charge >= 0.3 is 0 Å². The van der Waals surface area contributed by atoms with E-state index >= 15 is 0 Å². The fraction of sp³-hybridized carbons (Fsp3) is 0.308. The molecule has 0 saturated carbocycles. The average molecular weight is 345 g/mol. The second kappa shape index (κ2) is 8.36. The third-order valence-corrected chi connectivity index (χ3v) is 5.46. The van der Waals surface area contributed by atoms with Gasteiger partial charge in [0, 0.05) is 0 Å². The summed E-state index contributed by atoms with van der Waals surface area (Å²) in [6.45, 7) is 17.3. The molecule has 0 aliphatic rings. The molecule has 0 atom stereocenters. The third kappa shape index (κ3) is 3.75. The Bertz CT molecular complexity index is 914. The van der Waals surface area contributed by atoms with E-state index in [1.165, 1.54) is 55.6 Å². The smallest absolute Gasteiger partial charge is 0.0149 e. The molecule has 0 heteroatoms. The van der Waals surface area contributed by atoms with E-state index in [2.05, 4.69) is 90.1 Å². The van der Waals surface area contributed by atoms with Crippen molar-refractivity contribution in [2.24, 2.45) is 0 Å². The summed E-state index contributed by atoms with van der Waals surface area (Å²) in [7, 11) is 0. The lowest BCUT2D eigenvalue weighted by Gasteiger charge is -2.17. The van der Waals surface area contributed by atoms with Crippen molar-refractivity contribution in [2.45, 2.75) is 55.4 Å². The molecule has 26 heavy (non-hydrogen) atoms. The Morgan fingerprint density at radius 1 is 0.500 bits per heavy atom. The minimum Gasteiger partial charge on any atom is -0.0683 e. The van der Waals surface area contributed by atoms with Gasteiger partial charge in [0.2, 0.25) is 0 Å². The fourth-order valence-corrected chi connectivity index (χ4v) is 3.49. The van der Waals surface area contributed by atoms with Crippen LogP contribution in [0.3, 0.4) is 0 Å². The van der Waals surface area contributed by atoms with Crippen LogP contribution in [0, 0.1) is 41.5 Å². The zero-order valence-electron chi connectivity index (χ0n) is 17.6. The predicted molar refractivity (Wildman–Crippen MR) is 117 cm³/mol. The zero-order valence-corrected chi connectivity index (χ0v) is 17.6. The first-order chi connectivity index (χ1) is 12.4. The molecule has 136 valence electrons. The first-order valence-electron chi connectivity index (χ1n) is 9.64. The van der Waals surface area contributed by atoms with Crippen LogP contribution in [0.15, 0.2) is 48.5 Å². The first kappa shape index (κ1) is 20.0. The maximum Gasteiger partial charge on any atom is -0.0149 e. The van der Waals surface area contributed by atoms with Gasteiger partial charge in [0.25, 0.3) is 0 Å². The molecule has 0 N–H and O–H groups in total. The molecule has 0 heterocycles. The van der Waals surface area contributed by atoms with Crippen molar-refractivity contribution in [1.29, 1.82) is 0 Å². The van der Waals surface area contributed by atoms with Crippen LogP contribution in [0.5, 0.6) is 0 Å². The lowest BCUT2D eigenvalue weighted by molar-refractivity contribution is 1.25. The molecule has 0 radical (unpaired) electrons. The van der Waals surface area contributed by atoms with Crippen LogP contribution in [0.25, 0.3) is 22.3 Å². The second-order valence-corrected chi connectivity index (χ2v) is 6.96. The van der Waals surface area contributed by atoms with E-state index in [0.29, 0.717) is 0 Å². The van der Waals surface area contributed by atoms with E-state index in [1.54, 1.807) is 0 Å². The van der Waals surface area contributed by atoms with E-state index in [1.807, 2.05) is 13.8 Å². The van der Waals surface area contributed by atoms with Gasteiger partial charge in [0.15, 0.2) is 0 Å². The van der Waals surface area contributed by atoms with Crippen LogP contribution in [-0.2, 0) is 0 Å². The van der Waals surface area contributed by atoms with Crippen molar-refractivity contribution >= 4 is 0 Å². The van der Waals surface area contributed by atoms with Gasteiger partial charge in [-0.05, 0) is 91.6 Å². The summed E-state index contributed by atoms with van der Waals surface area (Å²) in [6, 6.07) is 17.8. The minimum atomic E-state index is 1.30. The molecule has 0 amide bonds. The highest BCUT2D eigenvalue weighted by molar-refractivity contribution is 5.79. The van der Waals surface area contributed by atoms with Crippen LogP contribution in [0.2, 0.25) is 0 Å². The number of hydrogen-bond donors (Lipinski definition) is 0. The monoisotopic (exact) mass is 344 g/mol. The van der Waals surface area contributed by atoms with Crippen LogP contribution in [0.1, 0.15) is 47.2 Å². The summed E-state index contributed by atoms with van der Waals surface area (Å²) in [4.78, 5) is 0. The van der Waals surface area contributed by atoms with Crippen LogP contribution < -0.4 is 0 Å². The van der Waals surface area contributed by atoms with Gasteiger partial charge in [0.05, 0.1) is 0 Å². The van der Waals surface area contributed by atoms with Crippen molar-refractivity contribution in [3.05, 3.63) is 81.9 Å². The standard InChI is InChI=1S/C24H26.C2H6/c1-15-8-7-9-21(14-15)22-12-13-24(20(6)19(22)5)23-11-10-16(2)17(3)18(23)4;1-2/h7-14H,1-6H3;1-2H3. The number of aryl methyl sites for hydroxylation is 2. The van der Waals surface area contributed by atoms with Gasteiger partial charge in [-0.25, -0.2) is 0 Å². The lowest BCUT2D eigenvalue weighted by atomic mass is 9.87. The van der Waals surface area contributed by atoms with Crippen molar-refractivity contribution in [3.8, 4) is 22.3 Å². The number of hydrogen-bond acceptors (Lipinski definition) is 0. The van der Waals surface area contributed by atoms with Crippen LogP contribution in [0.4, 0.5) is 0 Å². The Kier molecular flexibility index (Phi) is 6.42. The highest BCUT2D eigenvalue weighted by Gasteiger charge is 2.12. The summed E-state index contributed by atoms with van der Waals surface area (Å²) >= 11 is 0. The van der Waals surface area contributed by atoms with E-state index in [0.717, 1.165) is 0 Å². The molecular weight excluding hydrogens is 312 g/mol. The van der Waals surface area contributed by atoms with E-state index in [-0.39, 0.29) is 0 Å². The highest BCUT2D eigenvalue weighted by atomic mass is 14.2. The van der Waals surface area contributed by atoms with Crippen molar-refractivity contribution in [3.63, 3.8) is 0 Å². The average Bonchev–Trinajstić information content (AvgIpc) is 2.64. The molecule has 3 rings (SSSR count). The van der Waals surface area contributed by atoms with E-state index in [4.69, 9.17) is 0 Å². The van der Waals surface area contributed by atoms with Gasteiger partial charge in [-0.3, -0.25) is 0 Å². The van der Waals surface area contributed by atoms with Crippen LogP contribution >= 0.6 is 0 Å². The first-order valence-corrected chi connectivity index (χ1v) is 9.64. The summed E-state index contributed by atoms with van der Waals surface area (Å²) in [5, 5.41) is 0. The number of rotatable bonds is 2. The molecule has 0 saturated heterocycles. The molecule has 0 aliphatic heterocycles. The predicted octanol–water partition coefficient (Wildman–Crippen LogP) is 7.90. The van der Waals surface area contributed by atoms with Crippen molar-refractivity contribution in [2.75, 3.05) is 0 Å². The molecule has 0 aliphatic carbocycles. The van der Waals surface area contributed by atoms with Gasteiger partial charge < -0.3 is 0 Å². The molecule has 3 aromatic rings. The van der Waals surface area contributed by atoms with Gasteiger partial charge in [-0.1, -0.05) is 67.9 Å². The third-order valence-electron chi connectivity index (χ3n) is 5.46. The summed E-state index contributed by atoms with van der Waals surface area (Å²) in [6.07, 6.45) is 0. The van der Waals surface area contributed by atoms with Gasteiger partial charge in [0.1, 0.15) is 0 Å². The maximum atomic E-state index is 2.29. The summed E-state index contributed by atoms with van der Waals surface area (Å²) < 4.78 is 0. The van der Waals surface area contributed by atoms with E-state index in [9.17, 15) is 0 Å². The Labute approximate surface area is 159 Å². The normalized spacial score (nSPS) is 10.3. The summed E-state index contributed by atoms with van der Waals surface area (Å²) in [5.74, 6) is 0. The Hall–Kier alpha value is -2.34. The van der Waals surface area contributed by atoms with E-state index < -0.39 is 0 Å². The molecule has 0 unspecified atom stereocenters. The largest absolute Gasteiger partial charge is 0.0683 e. The molecule has 0 spiro atoms. The van der Waals surface area contributed by atoms with Crippen molar-refractivity contribution < 1.29 is 0 Å². The molecular formula is C26H32. The molecule has 0 aromatic heterocycles. The lowest BCUT2D eigenvalue weighted by Crippen LogP contribution is -1.96. The zero-order chi connectivity index (χ0) is 19.4. The highest BCUT2D eigenvalue weighted by Crippen LogP contribution is 2.35. The molecule has 0 nitrogen and oxygen atoms in total. The van der Waals surface area contributed by atoms with Gasteiger partial charge in [-0.15, -0.1) is 0 Å². The van der Waals surface area contributed by atoms with Crippen molar-refractivity contribution in [1.82, 2.24) is 0 Å². The Balaban J connectivity index is 0.00000117. The minimum absolute atomic E-state index is 1.30. The quantitative estimate of drug-likeness (QED) is 0.443. The molecule has 0 bridgehead atoms. The Morgan fingerprint density at radius 3 is 1.62 bits per heavy atom. The SMILES string of the molecule is CC.Cc1cccc(-c2ccc(-c3ccc(C)c(C)c3C)c(C)c2C)c1. The Morgan fingerprint density at radius 2 is 1.00 bits per heavy atom. The second-order valence-electron chi connectivity index (χ2n) is 6.96. The summed E-state index contributed by atoms with van der Waals surface area (Å²) in [5.41, 5.74) is 13.5. The maximum absolute atomic E-state index is 2.29. The van der Waals surface area contributed by atoms with Crippen LogP contribution in [-0.4, -0.2) is 0 Å². The van der Waals surface area contributed by atoms with Gasteiger partial charge in [-0.2, -0.15) is 0 Å².